The van der Waals surface area contributed by atoms with Crippen molar-refractivity contribution in [2.45, 2.75) is 0 Å². The molecular weight excluding hydrogens is 158 g/mol. The Bertz CT molecular complexity index is 291. The van der Waals surface area contributed by atoms with Crippen LogP contribution in [0.1, 0.15) is 5.56 Å². The first kappa shape index (κ1) is 8.02. The van der Waals surface area contributed by atoms with Crippen molar-refractivity contribution in [1.29, 1.82) is 0 Å². The van der Waals surface area contributed by atoms with Crippen molar-refractivity contribution in [3.63, 3.8) is 0 Å². The molecule has 1 heterocycles. The molecule has 0 aliphatic heterocycles. The Kier molecular flexibility index (Phi) is 2.44. The summed E-state index contributed by atoms with van der Waals surface area (Å²) in [6.07, 6.45) is 4.96. The first-order valence-electron chi connectivity index (χ1n) is 3.16. The number of rotatable bonds is 2. The molecule has 0 saturated carbocycles. The fourth-order valence-corrected chi connectivity index (χ4v) is 0.879. The molecule has 1 nitrogen and oxygen atoms in total. The van der Waals surface area contributed by atoms with Gasteiger partial charge >= 0.3 is 0 Å². The maximum atomic E-state index is 5.71. The Hall–Kier alpha value is -1.08. The minimum Gasteiger partial charge on any atom is -0.263 e. The van der Waals surface area contributed by atoms with E-state index in [-0.39, 0.29) is 0 Å². The molecule has 0 fully saturated rings. The standard InChI is InChI=1S/C9H8ClN/c1-3-7(2)8-4-9(10)6-11-5-8/h3-6H,1-2H2. The molecule has 0 unspecified atom stereocenters. The number of halogens is 1. The Balaban J connectivity index is 3.05. The summed E-state index contributed by atoms with van der Waals surface area (Å²) in [6.45, 7) is 7.36. The molecule has 11 heavy (non-hydrogen) atoms. The van der Waals surface area contributed by atoms with E-state index in [4.69, 9.17) is 11.6 Å². The molecule has 0 saturated heterocycles. The predicted molar refractivity (Wildman–Crippen MR) is 48.5 cm³/mol. The Labute approximate surface area is 71.0 Å². The predicted octanol–water partition coefficient (Wildman–Crippen LogP) is 2.93. The minimum atomic E-state index is 0.616. The molecule has 1 aromatic rings. The molecule has 56 valence electrons. The molecular formula is C9H8ClN. The van der Waals surface area contributed by atoms with Gasteiger partial charge in [-0.15, -0.1) is 0 Å². The lowest BCUT2D eigenvalue weighted by molar-refractivity contribution is 1.31. The molecule has 0 bridgehead atoms. The lowest BCUT2D eigenvalue weighted by Gasteiger charge is -1.98. The molecule has 0 amide bonds. The molecule has 0 aromatic carbocycles. The summed E-state index contributed by atoms with van der Waals surface area (Å²) in [5.74, 6) is 0. The zero-order valence-corrected chi connectivity index (χ0v) is 6.80. The van der Waals surface area contributed by atoms with E-state index in [0.29, 0.717) is 5.02 Å². The van der Waals surface area contributed by atoms with Gasteiger partial charge in [-0.05, 0) is 11.6 Å². The lowest BCUT2D eigenvalue weighted by atomic mass is 10.1. The molecule has 1 aromatic heterocycles. The SMILES string of the molecule is C=CC(=C)c1cncc(Cl)c1. The first-order valence-corrected chi connectivity index (χ1v) is 3.54. The van der Waals surface area contributed by atoms with Gasteiger partial charge in [-0.1, -0.05) is 30.8 Å². The molecule has 0 aliphatic rings. The normalized spacial score (nSPS) is 9.18. The van der Waals surface area contributed by atoms with Gasteiger partial charge < -0.3 is 0 Å². The number of allylic oxidation sites excluding steroid dienone is 2. The summed E-state index contributed by atoms with van der Waals surface area (Å²) in [5, 5.41) is 0.616. The molecule has 1 rings (SSSR count). The van der Waals surface area contributed by atoms with Crippen LogP contribution in [0.3, 0.4) is 0 Å². The van der Waals surface area contributed by atoms with E-state index >= 15 is 0 Å². The van der Waals surface area contributed by atoms with Crippen LogP contribution in [-0.2, 0) is 0 Å². The van der Waals surface area contributed by atoms with Gasteiger partial charge in [0.1, 0.15) is 0 Å². The monoisotopic (exact) mass is 165 g/mol. The van der Waals surface area contributed by atoms with Crippen LogP contribution in [0.15, 0.2) is 37.7 Å². The van der Waals surface area contributed by atoms with Crippen LogP contribution in [-0.4, -0.2) is 4.98 Å². The zero-order chi connectivity index (χ0) is 8.27. The second-order valence-corrected chi connectivity index (χ2v) is 2.56. The third-order valence-corrected chi connectivity index (χ3v) is 1.53. The van der Waals surface area contributed by atoms with Gasteiger partial charge in [0.25, 0.3) is 0 Å². The molecule has 0 spiro atoms. The highest BCUT2D eigenvalue weighted by Crippen LogP contribution is 2.15. The fraction of sp³-hybridized carbons (Fsp3) is 0. The minimum absolute atomic E-state index is 0.616. The quantitative estimate of drug-likeness (QED) is 0.614. The summed E-state index contributed by atoms with van der Waals surface area (Å²) in [4.78, 5) is 3.91. The van der Waals surface area contributed by atoms with Crippen LogP contribution in [0.25, 0.3) is 5.57 Å². The van der Waals surface area contributed by atoms with Crippen LogP contribution >= 0.6 is 11.6 Å². The van der Waals surface area contributed by atoms with Gasteiger partial charge in [0.05, 0.1) is 5.02 Å². The summed E-state index contributed by atoms with van der Waals surface area (Å²) in [5.41, 5.74) is 1.74. The van der Waals surface area contributed by atoms with Gasteiger partial charge in [-0.3, -0.25) is 4.98 Å². The van der Waals surface area contributed by atoms with Gasteiger partial charge in [-0.25, -0.2) is 0 Å². The largest absolute Gasteiger partial charge is 0.263 e. The topological polar surface area (TPSA) is 12.9 Å². The third-order valence-electron chi connectivity index (χ3n) is 1.32. The molecule has 0 N–H and O–H groups in total. The molecule has 2 heteroatoms. The van der Waals surface area contributed by atoms with Gasteiger partial charge in [-0.2, -0.15) is 0 Å². The van der Waals surface area contributed by atoms with Crippen LogP contribution in [0, 0.1) is 0 Å². The van der Waals surface area contributed by atoms with E-state index in [1.165, 1.54) is 0 Å². The van der Waals surface area contributed by atoms with Crippen molar-refractivity contribution in [1.82, 2.24) is 4.98 Å². The molecule has 0 atom stereocenters. The average molecular weight is 166 g/mol. The van der Waals surface area contributed by atoms with E-state index in [0.717, 1.165) is 11.1 Å². The Morgan fingerprint density at radius 3 is 2.82 bits per heavy atom. The third kappa shape index (κ3) is 1.92. The van der Waals surface area contributed by atoms with E-state index in [1.54, 1.807) is 24.5 Å². The summed E-state index contributed by atoms with van der Waals surface area (Å²) in [7, 11) is 0. The first-order chi connectivity index (χ1) is 5.24. The van der Waals surface area contributed by atoms with E-state index in [2.05, 4.69) is 18.1 Å². The van der Waals surface area contributed by atoms with Crippen molar-refractivity contribution in [2.75, 3.05) is 0 Å². The summed E-state index contributed by atoms with van der Waals surface area (Å²) >= 11 is 5.71. The number of aromatic nitrogens is 1. The maximum absolute atomic E-state index is 5.71. The van der Waals surface area contributed by atoms with Crippen molar-refractivity contribution in [2.24, 2.45) is 0 Å². The smallest absolute Gasteiger partial charge is 0.0595 e. The molecule has 0 aliphatic carbocycles. The second-order valence-electron chi connectivity index (χ2n) is 2.12. The van der Waals surface area contributed by atoms with E-state index < -0.39 is 0 Å². The number of pyridine rings is 1. The van der Waals surface area contributed by atoms with Gasteiger partial charge in [0, 0.05) is 18.0 Å². The van der Waals surface area contributed by atoms with E-state index in [9.17, 15) is 0 Å². The lowest BCUT2D eigenvalue weighted by Crippen LogP contribution is -1.80. The summed E-state index contributed by atoms with van der Waals surface area (Å²) < 4.78 is 0. The second kappa shape index (κ2) is 3.35. The highest BCUT2D eigenvalue weighted by atomic mass is 35.5. The maximum Gasteiger partial charge on any atom is 0.0595 e. The van der Waals surface area contributed by atoms with E-state index in [1.807, 2.05) is 0 Å². The molecule has 0 radical (unpaired) electrons. The van der Waals surface area contributed by atoms with Gasteiger partial charge in [0.2, 0.25) is 0 Å². The summed E-state index contributed by atoms with van der Waals surface area (Å²) in [6, 6.07) is 1.80. The highest BCUT2D eigenvalue weighted by molar-refractivity contribution is 6.30. The number of hydrogen-bond donors (Lipinski definition) is 0. The van der Waals surface area contributed by atoms with Crippen LogP contribution in [0.5, 0.6) is 0 Å². The van der Waals surface area contributed by atoms with Crippen LogP contribution < -0.4 is 0 Å². The van der Waals surface area contributed by atoms with Crippen LogP contribution in [0.2, 0.25) is 5.02 Å². The Morgan fingerprint density at radius 1 is 1.55 bits per heavy atom. The zero-order valence-electron chi connectivity index (χ0n) is 6.05. The highest BCUT2D eigenvalue weighted by Gasteiger charge is 1.94. The van der Waals surface area contributed by atoms with Crippen molar-refractivity contribution < 1.29 is 0 Å². The van der Waals surface area contributed by atoms with Crippen LogP contribution in [0.4, 0.5) is 0 Å². The number of nitrogens with zero attached hydrogens (tertiary/aromatic N) is 1. The van der Waals surface area contributed by atoms with Crippen molar-refractivity contribution in [3.05, 3.63) is 48.3 Å². The Morgan fingerprint density at radius 2 is 2.27 bits per heavy atom. The van der Waals surface area contributed by atoms with Crippen molar-refractivity contribution >= 4 is 17.2 Å². The fourth-order valence-electron chi connectivity index (χ4n) is 0.705. The number of hydrogen-bond acceptors (Lipinski definition) is 1. The average Bonchev–Trinajstić information content (AvgIpc) is 2.03. The van der Waals surface area contributed by atoms with Crippen molar-refractivity contribution in [3.8, 4) is 0 Å². The van der Waals surface area contributed by atoms with Gasteiger partial charge in [0.15, 0.2) is 0 Å².